The lowest BCUT2D eigenvalue weighted by molar-refractivity contribution is -0.132. The van der Waals surface area contributed by atoms with Gasteiger partial charge in [0.05, 0.1) is 4.08 Å². The first-order chi connectivity index (χ1) is 21.2. The maximum Gasteiger partial charge on any atom is 0.286 e. The number of ether oxygens (including phenoxy) is 1. The fourth-order valence-corrected chi connectivity index (χ4v) is 4.64. The summed E-state index contributed by atoms with van der Waals surface area (Å²) in [6.07, 6.45) is 30.3. The zero-order valence-electron chi connectivity index (χ0n) is 26.0. The van der Waals surface area contributed by atoms with Gasteiger partial charge in [-0.2, -0.15) is 25.3 Å². The van der Waals surface area contributed by atoms with Crippen molar-refractivity contribution in [2.24, 2.45) is 0 Å². The van der Waals surface area contributed by atoms with E-state index in [4.69, 9.17) is 4.74 Å². The Kier molecular flexibility index (Phi) is 17.4. The summed E-state index contributed by atoms with van der Waals surface area (Å²) in [7, 11) is 0. The number of nitrogens with one attached hydrogen (secondary N) is 2. The van der Waals surface area contributed by atoms with Gasteiger partial charge in [-0.25, -0.2) is 0 Å². The number of thiol groups is 2. The van der Waals surface area contributed by atoms with Crippen molar-refractivity contribution in [3.8, 4) is 0 Å². The van der Waals surface area contributed by atoms with E-state index in [1.54, 1.807) is 19.1 Å². The molecule has 1 aliphatic heterocycles. The van der Waals surface area contributed by atoms with Crippen molar-refractivity contribution in [1.82, 2.24) is 10.6 Å². The Morgan fingerprint density at radius 1 is 0.864 bits per heavy atom. The van der Waals surface area contributed by atoms with Gasteiger partial charge in [0.15, 0.2) is 11.4 Å². The summed E-state index contributed by atoms with van der Waals surface area (Å²) in [5.41, 5.74) is -0.555. The number of benzene rings is 1. The number of carbonyl (C=O) groups is 3. The van der Waals surface area contributed by atoms with Gasteiger partial charge in [-0.15, -0.1) is 0 Å². The number of hydrogen-bond acceptors (Lipinski definition) is 6. The lowest BCUT2D eigenvalue weighted by atomic mass is 9.92. The zero-order chi connectivity index (χ0) is 32.1. The SMILES string of the molecule is CC/C=C/C/C=C/C/C=C/C/C=C/C/C=C/CCCC(=O)NCCC(S)(S)CNC(=O)C1=CC(=O)C(C)(c2ccccc2)O1. The highest BCUT2D eigenvalue weighted by Crippen LogP contribution is 2.35. The van der Waals surface area contributed by atoms with Crippen LogP contribution in [0.15, 0.2) is 103 Å². The molecule has 0 saturated heterocycles. The van der Waals surface area contributed by atoms with E-state index in [2.05, 4.69) is 104 Å². The summed E-state index contributed by atoms with van der Waals surface area (Å²) < 4.78 is 4.92. The van der Waals surface area contributed by atoms with Crippen molar-refractivity contribution < 1.29 is 19.1 Å². The molecule has 1 aromatic rings. The van der Waals surface area contributed by atoms with Crippen molar-refractivity contribution >= 4 is 42.9 Å². The van der Waals surface area contributed by atoms with Gasteiger partial charge in [0.25, 0.3) is 5.91 Å². The summed E-state index contributed by atoms with van der Waals surface area (Å²) >= 11 is 9.07. The fraction of sp³-hybridized carbons (Fsp3) is 0.417. The largest absolute Gasteiger partial charge is 0.469 e. The average molecular weight is 637 g/mol. The van der Waals surface area contributed by atoms with Crippen LogP contribution in [-0.4, -0.2) is 34.8 Å². The van der Waals surface area contributed by atoms with Crippen LogP contribution in [0.5, 0.6) is 0 Å². The van der Waals surface area contributed by atoms with Gasteiger partial charge in [-0.05, 0) is 58.3 Å². The van der Waals surface area contributed by atoms with Crippen LogP contribution in [0.3, 0.4) is 0 Å². The third-order valence-corrected chi connectivity index (χ3v) is 7.67. The molecule has 2 N–H and O–H groups in total. The highest BCUT2D eigenvalue weighted by atomic mass is 32.2. The Labute approximate surface area is 274 Å². The van der Waals surface area contributed by atoms with Crippen LogP contribution in [0.4, 0.5) is 0 Å². The first-order valence-electron chi connectivity index (χ1n) is 15.4. The second-order valence-electron chi connectivity index (χ2n) is 10.7. The summed E-state index contributed by atoms with van der Waals surface area (Å²) in [4.78, 5) is 37.5. The molecule has 0 fully saturated rings. The monoisotopic (exact) mass is 636 g/mol. The molecule has 0 aliphatic carbocycles. The maximum atomic E-state index is 12.7. The molecule has 0 bridgehead atoms. The summed E-state index contributed by atoms with van der Waals surface area (Å²) in [6.45, 7) is 4.29. The minimum atomic E-state index is -1.23. The van der Waals surface area contributed by atoms with E-state index in [0.29, 0.717) is 24.9 Å². The second-order valence-corrected chi connectivity index (χ2v) is 12.8. The molecule has 0 saturated carbocycles. The molecule has 2 rings (SSSR count). The Morgan fingerprint density at radius 3 is 2.02 bits per heavy atom. The molecule has 0 aromatic heterocycles. The Bertz CT molecular complexity index is 1230. The number of ketones is 1. The normalized spacial score (nSPS) is 17.4. The maximum absolute atomic E-state index is 12.7. The third kappa shape index (κ3) is 14.5. The van der Waals surface area contributed by atoms with Gasteiger partial charge in [-0.3, -0.25) is 14.4 Å². The number of unbranched alkanes of at least 4 members (excludes halogenated alkanes) is 1. The van der Waals surface area contributed by atoms with E-state index < -0.39 is 15.6 Å². The van der Waals surface area contributed by atoms with Crippen LogP contribution < -0.4 is 10.6 Å². The summed E-state index contributed by atoms with van der Waals surface area (Å²) in [6, 6.07) is 9.06. The van der Waals surface area contributed by atoms with Gasteiger partial charge in [0, 0.05) is 31.1 Å². The van der Waals surface area contributed by atoms with E-state index in [0.717, 1.165) is 44.9 Å². The molecule has 2 amide bonds. The van der Waals surface area contributed by atoms with E-state index >= 15 is 0 Å². The summed E-state index contributed by atoms with van der Waals surface area (Å²) in [5.74, 6) is -0.868. The van der Waals surface area contributed by atoms with Crippen LogP contribution in [0.2, 0.25) is 0 Å². The first-order valence-corrected chi connectivity index (χ1v) is 16.3. The van der Waals surface area contributed by atoms with Crippen LogP contribution >= 0.6 is 25.3 Å². The number of hydrogen-bond donors (Lipinski definition) is 4. The molecule has 0 radical (unpaired) electrons. The molecule has 0 spiro atoms. The van der Waals surface area contributed by atoms with Crippen LogP contribution in [0.25, 0.3) is 0 Å². The van der Waals surface area contributed by atoms with Gasteiger partial charge in [-0.1, -0.05) is 98.0 Å². The molecule has 6 nitrogen and oxygen atoms in total. The van der Waals surface area contributed by atoms with Crippen LogP contribution in [-0.2, 0) is 24.7 Å². The highest BCUT2D eigenvalue weighted by Gasteiger charge is 2.43. The van der Waals surface area contributed by atoms with Crippen LogP contribution in [0.1, 0.15) is 77.2 Å². The fourth-order valence-electron chi connectivity index (χ4n) is 4.26. The first kappa shape index (κ1) is 37.0. The molecule has 1 aliphatic rings. The zero-order valence-corrected chi connectivity index (χ0v) is 27.8. The predicted octanol–water partition coefficient (Wildman–Crippen LogP) is 7.49. The molecule has 1 heterocycles. The predicted molar refractivity (Wildman–Crippen MR) is 188 cm³/mol. The minimum absolute atomic E-state index is 0.0259. The van der Waals surface area contributed by atoms with Gasteiger partial charge in [0.1, 0.15) is 0 Å². The van der Waals surface area contributed by atoms with Gasteiger partial charge < -0.3 is 15.4 Å². The smallest absolute Gasteiger partial charge is 0.286 e. The van der Waals surface area contributed by atoms with Crippen molar-refractivity contribution in [1.29, 1.82) is 0 Å². The molecule has 238 valence electrons. The second kappa shape index (κ2) is 20.7. The van der Waals surface area contributed by atoms with Crippen molar-refractivity contribution in [3.63, 3.8) is 0 Å². The van der Waals surface area contributed by atoms with Gasteiger partial charge >= 0.3 is 0 Å². The average Bonchev–Trinajstić information content (AvgIpc) is 3.32. The number of amides is 2. The molecular weight excluding hydrogens is 589 g/mol. The molecule has 44 heavy (non-hydrogen) atoms. The standard InChI is InChI=1S/C36H48N2O4S2/c1-3-4-5-6-7-8-9-10-11-12-13-14-15-16-17-18-22-25-33(40)37-27-26-36(43,44)29-38-34(41)31-28-32(39)35(2,42-31)30-23-20-19-21-24-30/h4-5,7-8,10-11,13-14,16-17,19-21,23-24,28,43-44H,3,6,9,12,15,18,22,25-27,29H2,1-2H3,(H,37,40)(H,38,41)/b5-4+,8-7+,11-10+,14-13+,17-16+. The number of allylic oxidation sites excluding steroid dienone is 10. The molecule has 1 aromatic carbocycles. The quantitative estimate of drug-likeness (QED) is 0.0518. The highest BCUT2D eigenvalue weighted by molar-refractivity contribution is 8.00. The Morgan fingerprint density at radius 2 is 1.43 bits per heavy atom. The van der Waals surface area contributed by atoms with E-state index in [9.17, 15) is 14.4 Å². The Balaban J connectivity index is 1.53. The van der Waals surface area contributed by atoms with Crippen molar-refractivity contribution in [3.05, 3.63) is 108 Å². The summed E-state index contributed by atoms with van der Waals surface area (Å²) in [5, 5.41) is 5.62. The van der Waals surface area contributed by atoms with Crippen molar-refractivity contribution in [2.45, 2.75) is 81.3 Å². The van der Waals surface area contributed by atoms with Crippen LogP contribution in [0, 0.1) is 0 Å². The minimum Gasteiger partial charge on any atom is -0.469 e. The van der Waals surface area contributed by atoms with Gasteiger partial charge in [0.2, 0.25) is 11.7 Å². The van der Waals surface area contributed by atoms with E-state index in [1.165, 1.54) is 6.08 Å². The number of rotatable bonds is 20. The molecule has 1 unspecified atom stereocenters. The Hall–Kier alpha value is -3.23. The topological polar surface area (TPSA) is 84.5 Å². The lowest BCUT2D eigenvalue weighted by Crippen LogP contribution is -2.39. The molecular formula is C36H48N2O4S2. The van der Waals surface area contributed by atoms with E-state index in [1.807, 2.05) is 18.2 Å². The third-order valence-electron chi connectivity index (χ3n) is 6.91. The van der Waals surface area contributed by atoms with E-state index in [-0.39, 0.29) is 24.0 Å². The lowest BCUT2D eigenvalue weighted by Gasteiger charge is -2.25. The van der Waals surface area contributed by atoms with Crippen molar-refractivity contribution in [2.75, 3.05) is 13.1 Å². The molecule has 1 atom stereocenters. The molecule has 8 heteroatoms. The number of carbonyl (C=O) groups excluding carboxylic acids is 3.